The van der Waals surface area contributed by atoms with Gasteiger partial charge in [-0.25, -0.2) is 0 Å². The predicted molar refractivity (Wildman–Crippen MR) is 84.2 cm³/mol. The zero-order valence-electron chi connectivity index (χ0n) is 13.0. The van der Waals surface area contributed by atoms with Crippen LogP contribution in [0.4, 0.5) is 0 Å². The van der Waals surface area contributed by atoms with Crippen molar-refractivity contribution < 1.29 is 19.0 Å². The summed E-state index contributed by atoms with van der Waals surface area (Å²) in [5.74, 6) is 1.48. The van der Waals surface area contributed by atoms with Crippen molar-refractivity contribution in [3.8, 4) is 11.5 Å². The first-order chi connectivity index (χ1) is 10.6. The van der Waals surface area contributed by atoms with Crippen molar-refractivity contribution in [2.24, 2.45) is 0 Å². The molecule has 0 saturated carbocycles. The lowest BCUT2D eigenvalue weighted by Gasteiger charge is -2.25. The Labute approximate surface area is 130 Å². The van der Waals surface area contributed by atoms with Crippen LogP contribution in [-0.2, 0) is 21.7 Å². The third-order valence-corrected chi connectivity index (χ3v) is 3.57. The fourth-order valence-corrected chi connectivity index (χ4v) is 2.07. The predicted octanol–water partition coefficient (Wildman–Crippen LogP) is 3.33. The summed E-state index contributed by atoms with van der Waals surface area (Å²) in [6, 6.07) is 14.9. The van der Waals surface area contributed by atoms with Crippen molar-refractivity contribution in [3.05, 3.63) is 59.7 Å². The first kappa shape index (κ1) is 16.0. The van der Waals surface area contributed by atoms with Crippen LogP contribution in [0.2, 0.25) is 0 Å². The van der Waals surface area contributed by atoms with Gasteiger partial charge in [0.15, 0.2) is 6.29 Å². The number of ether oxygens (including phenoxy) is 3. The molecule has 1 unspecified atom stereocenters. The van der Waals surface area contributed by atoms with E-state index in [9.17, 15) is 4.79 Å². The Kier molecular flexibility index (Phi) is 5.17. The van der Waals surface area contributed by atoms with Crippen LogP contribution in [0.3, 0.4) is 0 Å². The van der Waals surface area contributed by atoms with Gasteiger partial charge in [-0.05, 0) is 42.3 Å². The maximum Gasteiger partial charge on any atom is 0.156 e. The second kappa shape index (κ2) is 7.09. The Balaban J connectivity index is 2.13. The Morgan fingerprint density at radius 2 is 1.68 bits per heavy atom. The van der Waals surface area contributed by atoms with E-state index in [1.54, 1.807) is 21.1 Å². The maximum absolute atomic E-state index is 11.6. The highest BCUT2D eigenvalue weighted by Gasteiger charge is 2.27. The van der Waals surface area contributed by atoms with Crippen LogP contribution < -0.4 is 9.47 Å². The molecule has 0 aliphatic rings. The number of carbonyl (C=O) groups excluding carboxylic acids is 1. The molecule has 0 aliphatic heterocycles. The molecule has 0 fully saturated rings. The molecule has 0 aliphatic carbocycles. The van der Waals surface area contributed by atoms with Crippen LogP contribution >= 0.6 is 0 Å². The second-order valence-corrected chi connectivity index (χ2v) is 5.09. The van der Waals surface area contributed by atoms with E-state index >= 15 is 0 Å². The van der Waals surface area contributed by atoms with Crippen molar-refractivity contribution >= 4 is 6.29 Å². The first-order valence-electron chi connectivity index (χ1n) is 6.99. The number of hydrogen-bond acceptors (Lipinski definition) is 4. The first-order valence-corrected chi connectivity index (χ1v) is 6.99. The van der Waals surface area contributed by atoms with Gasteiger partial charge in [0.25, 0.3) is 0 Å². The lowest BCUT2D eigenvalue weighted by molar-refractivity contribution is -0.132. The summed E-state index contributed by atoms with van der Waals surface area (Å²) in [6.45, 7) is 2.08. The molecule has 116 valence electrons. The van der Waals surface area contributed by atoms with Gasteiger partial charge >= 0.3 is 0 Å². The van der Waals surface area contributed by atoms with E-state index in [0.717, 1.165) is 23.2 Å². The Morgan fingerprint density at radius 3 is 2.27 bits per heavy atom. The Morgan fingerprint density at radius 1 is 1.00 bits per heavy atom. The molecular formula is C18H20O4. The maximum atomic E-state index is 11.6. The molecule has 1 atom stereocenters. The van der Waals surface area contributed by atoms with E-state index in [-0.39, 0.29) is 0 Å². The molecule has 2 aromatic carbocycles. The third-order valence-electron chi connectivity index (χ3n) is 3.57. The van der Waals surface area contributed by atoms with Gasteiger partial charge in [-0.3, -0.25) is 4.79 Å². The topological polar surface area (TPSA) is 44.8 Å². The average molecular weight is 300 g/mol. The number of hydrogen-bond donors (Lipinski definition) is 0. The lowest BCUT2D eigenvalue weighted by atomic mass is 9.97. The third kappa shape index (κ3) is 3.65. The zero-order chi connectivity index (χ0) is 16.0. The van der Waals surface area contributed by atoms with E-state index in [1.807, 2.05) is 48.5 Å². The largest absolute Gasteiger partial charge is 0.497 e. The molecule has 2 aromatic rings. The molecule has 4 nitrogen and oxygen atoms in total. The van der Waals surface area contributed by atoms with Crippen molar-refractivity contribution in [2.75, 3.05) is 14.2 Å². The average Bonchev–Trinajstić information content (AvgIpc) is 2.60. The molecule has 4 heteroatoms. The van der Waals surface area contributed by atoms with Gasteiger partial charge < -0.3 is 14.2 Å². The van der Waals surface area contributed by atoms with E-state index in [4.69, 9.17) is 14.2 Å². The van der Waals surface area contributed by atoms with Gasteiger partial charge in [0.1, 0.15) is 17.1 Å². The summed E-state index contributed by atoms with van der Waals surface area (Å²) in [5.41, 5.74) is 0.709. The standard InChI is InChI=1S/C18H20O4/c1-18(13-19,15-5-4-6-17(11-15)21-3)22-12-14-7-9-16(20-2)10-8-14/h4-11,13H,12H2,1-3H3. The van der Waals surface area contributed by atoms with E-state index in [0.29, 0.717) is 12.4 Å². The quantitative estimate of drug-likeness (QED) is 0.736. The van der Waals surface area contributed by atoms with E-state index in [1.165, 1.54) is 0 Å². The van der Waals surface area contributed by atoms with Gasteiger partial charge in [0, 0.05) is 0 Å². The number of aldehydes is 1. The van der Waals surface area contributed by atoms with Gasteiger partial charge in [0.05, 0.1) is 20.8 Å². The summed E-state index contributed by atoms with van der Waals surface area (Å²) < 4.78 is 16.2. The molecule has 0 heterocycles. The van der Waals surface area contributed by atoms with Crippen molar-refractivity contribution in [2.45, 2.75) is 19.1 Å². The van der Waals surface area contributed by atoms with E-state index in [2.05, 4.69) is 0 Å². The summed E-state index contributed by atoms with van der Waals surface area (Å²) in [6.07, 6.45) is 0.811. The molecule has 2 rings (SSSR count). The van der Waals surface area contributed by atoms with Crippen LogP contribution in [-0.4, -0.2) is 20.5 Å². The highest BCUT2D eigenvalue weighted by Crippen LogP contribution is 2.27. The summed E-state index contributed by atoms with van der Waals surface area (Å²) in [7, 11) is 3.22. The minimum absolute atomic E-state index is 0.330. The molecule has 0 aromatic heterocycles. The highest BCUT2D eigenvalue weighted by molar-refractivity contribution is 5.66. The van der Waals surface area contributed by atoms with Gasteiger partial charge in [0.2, 0.25) is 0 Å². The van der Waals surface area contributed by atoms with Crippen LogP contribution in [0.15, 0.2) is 48.5 Å². The molecule has 0 bridgehead atoms. The lowest BCUT2D eigenvalue weighted by Crippen LogP contribution is -2.27. The van der Waals surface area contributed by atoms with Gasteiger partial charge in [-0.1, -0.05) is 24.3 Å². The Bertz CT molecular complexity index is 621. The summed E-state index contributed by atoms with van der Waals surface area (Å²) in [5, 5.41) is 0. The molecule has 0 N–H and O–H groups in total. The van der Waals surface area contributed by atoms with E-state index < -0.39 is 5.60 Å². The summed E-state index contributed by atoms with van der Waals surface area (Å²) in [4.78, 5) is 11.6. The molecule has 22 heavy (non-hydrogen) atoms. The number of benzene rings is 2. The number of carbonyl (C=O) groups is 1. The zero-order valence-corrected chi connectivity index (χ0v) is 13.0. The molecule has 0 spiro atoms. The molecular weight excluding hydrogens is 280 g/mol. The van der Waals surface area contributed by atoms with Crippen molar-refractivity contribution in [3.63, 3.8) is 0 Å². The Hall–Kier alpha value is -2.33. The van der Waals surface area contributed by atoms with Gasteiger partial charge in [-0.2, -0.15) is 0 Å². The van der Waals surface area contributed by atoms with Crippen molar-refractivity contribution in [1.29, 1.82) is 0 Å². The number of rotatable bonds is 7. The summed E-state index contributed by atoms with van der Waals surface area (Å²) >= 11 is 0. The smallest absolute Gasteiger partial charge is 0.156 e. The normalized spacial score (nSPS) is 13.2. The highest BCUT2D eigenvalue weighted by atomic mass is 16.5. The van der Waals surface area contributed by atoms with Crippen molar-refractivity contribution in [1.82, 2.24) is 0 Å². The fraction of sp³-hybridized carbons (Fsp3) is 0.278. The van der Waals surface area contributed by atoms with Crippen LogP contribution in [0.25, 0.3) is 0 Å². The minimum Gasteiger partial charge on any atom is -0.497 e. The van der Waals surface area contributed by atoms with Gasteiger partial charge in [-0.15, -0.1) is 0 Å². The van der Waals surface area contributed by atoms with Crippen LogP contribution in [0.1, 0.15) is 18.1 Å². The fourth-order valence-electron chi connectivity index (χ4n) is 2.07. The molecule has 0 saturated heterocycles. The monoisotopic (exact) mass is 300 g/mol. The minimum atomic E-state index is -1.02. The van der Waals surface area contributed by atoms with Crippen LogP contribution in [0, 0.1) is 0 Å². The van der Waals surface area contributed by atoms with Crippen LogP contribution in [0.5, 0.6) is 11.5 Å². The SMILES string of the molecule is COc1ccc(COC(C)(C=O)c2cccc(OC)c2)cc1. The molecule has 0 amide bonds. The number of methoxy groups -OCH3 is 2. The molecule has 0 radical (unpaired) electrons. The second-order valence-electron chi connectivity index (χ2n) is 5.09.